The molecule has 5 heteroatoms. The molecule has 4 rings (SSSR count). The topological polar surface area (TPSA) is 63.1 Å². The summed E-state index contributed by atoms with van der Waals surface area (Å²) in [5, 5.41) is 13.3. The average molecular weight is 688 g/mol. The number of nitrogens with zero attached hydrogens (tertiary/aromatic N) is 2. The van der Waals surface area contributed by atoms with Gasteiger partial charge in [0, 0.05) is 42.4 Å². The van der Waals surface area contributed by atoms with Crippen LogP contribution < -0.4 is 0 Å². The Bertz CT molecular complexity index is 1430. The Morgan fingerprint density at radius 1 is 0.921 bits per heavy atom. The van der Waals surface area contributed by atoms with Crippen LogP contribution in [0.2, 0.25) is 0 Å². The number of carbonyl (C=O) groups is 1. The number of aliphatic hydroxyl groups is 1. The molecule has 0 unspecified atom stereocenters. The van der Waals surface area contributed by atoms with Crippen LogP contribution in [0, 0.1) is 30.7 Å². The first-order valence-corrected chi connectivity index (χ1v) is 13.0. The third kappa shape index (κ3) is 7.15. The van der Waals surface area contributed by atoms with Gasteiger partial charge in [0.05, 0.1) is 5.52 Å². The van der Waals surface area contributed by atoms with Gasteiger partial charge < -0.3 is 5.11 Å². The summed E-state index contributed by atoms with van der Waals surface area (Å²) in [6.45, 7) is 15.8. The van der Waals surface area contributed by atoms with Crippen molar-refractivity contribution < 1.29 is 30.0 Å². The molecule has 0 atom stereocenters. The van der Waals surface area contributed by atoms with Crippen molar-refractivity contribution >= 4 is 27.5 Å². The van der Waals surface area contributed by atoms with E-state index in [0.717, 1.165) is 46.0 Å². The van der Waals surface area contributed by atoms with Crippen LogP contribution in [-0.4, -0.2) is 20.9 Å². The van der Waals surface area contributed by atoms with E-state index in [1.54, 1.807) is 6.33 Å². The molecule has 1 N–H and O–H groups in total. The number of aromatic nitrogens is 2. The smallest absolute Gasteiger partial charge is 0.164 e. The Kier molecular flexibility index (Phi) is 10.5. The summed E-state index contributed by atoms with van der Waals surface area (Å²) in [6.07, 6.45) is 4.64. The summed E-state index contributed by atoms with van der Waals surface area (Å²) in [7, 11) is 0. The van der Waals surface area contributed by atoms with Gasteiger partial charge in [0.15, 0.2) is 5.78 Å². The number of benzene rings is 3. The number of carbonyl (C=O) groups excluding carboxylic acids is 1. The van der Waals surface area contributed by atoms with Crippen LogP contribution in [0.25, 0.3) is 32.9 Å². The minimum Gasteiger partial charge on any atom is -0.512 e. The summed E-state index contributed by atoms with van der Waals surface area (Å²) < 4.78 is 0. The van der Waals surface area contributed by atoms with Crippen LogP contribution >= 0.6 is 0 Å². The molecule has 0 bridgehead atoms. The van der Waals surface area contributed by atoms with E-state index in [9.17, 15) is 9.90 Å². The molecule has 0 spiro atoms. The number of hydrogen-bond acceptors (Lipinski definition) is 4. The molecule has 1 heterocycles. The van der Waals surface area contributed by atoms with E-state index in [-0.39, 0.29) is 42.5 Å². The van der Waals surface area contributed by atoms with Crippen LogP contribution in [-0.2, 0) is 24.9 Å². The fourth-order valence-corrected chi connectivity index (χ4v) is 3.91. The summed E-state index contributed by atoms with van der Waals surface area (Å²) in [5.41, 5.74) is 4.64. The van der Waals surface area contributed by atoms with Gasteiger partial charge in [-0.05, 0) is 29.3 Å². The van der Waals surface area contributed by atoms with Crippen molar-refractivity contribution in [3.05, 3.63) is 83.9 Å². The molecule has 4 aromatic rings. The number of ketones is 1. The Balaban J connectivity index is 0.000000282. The molecule has 1 radical (unpaired) electrons. The standard InChI is InChI=1S/C20H15N2.C13H24O2.Ir/c1-13-9-14(2)11-16(10-13)19-18-8-7-15-5-3-4-6-17(15)20(18)22-12-21-19;1-7-12(3,4)10(14)9-11(15)13(5,6)8-2;/h3-10,12H,1-2H3;9,14H,7-8H2,1-6H3;/q-1;;/b;10-9-;. The first-order valence-electron chi connectivity index (χ1n) is 13.0. The van der Waals surface area contributed by atoms with Gasteiger partial charge in [0.2, 0.25) is 0 Å². The van der Waals surface area contributed by atoms with Crippen molar-refractivity contribution in [1.29, 1.82) is 0 Å². The van der Waals surface area contributed by atoms with Crippen molar-refractivity contribution in [1.82, 2.24) is 9.97 Å². The van der Waals surface area contributed by atoms with Gasteiger partial charge in [-0.3, -0.25) is 9.78 Å². The third-order valence-corrected chi connectivity index (χ3v) is 7.33. The second-order valence-electron chi connectivity index (χ2n) is 11.0. The first kappa shape index (κ1) is 31.3. The fourth-order valence-electron chi connectivity index (χ4n) is 3.91. The van der Waals surface area contributed by atoms with Gasteiger partial charge in [-0.1, -0.05) is 91.8 Å². The van der Waals surface area contributed by atoms with Gasteiger partial charge in [-0.15, -0.1) is 34.9 Å². The molecule has 0 saturated carbocycles. The zero-order valence-electron chi connectivity index (χ0n) is 23.8. The van der Waals surface area contributed by atoms with E-state index in [1.807, 2.05) is 53.7 Å². The Morgan fingerprint density at radius 2 is 1.58 bits per heavy atom. The monoisotopic (exact) mass is 688 g/mol. The molecule has 0 fully saturated rings. The molecular formula is C33H39IrN2O2-. The number of fused-ring (bicyclic) bond motifs is 3. The molecule has 203 valence electrons. The van der Waals surface area contributed by atoms with E-state index in [0.29, 0.717) is 0 Å². The van der Waals surface area contributed by atoms with Crippen LogP contribution in [0.1, 0.15) is 65.5 Å². The van der Waals surface area contributed by atoms with Gasteiger partial charge >= 0.3 is 0 Å². The van der Waals surface area contributed by atoms with E-state index >= 15 is 0 Å². The molecule has 38 heavy (non-hydrogen) atoms. The second-order valence-corrected chi connectivity index (χ2v) is 11.0. The zero-order valence-corrected chi connectivity index (χ0v) is 26.2. The maximum absolute atomic E-state index is 11.8. The van der Waals surface area contributed by atoms with Gasteiger partial charge in [0.1, 0.15) is 12.1 Å². The largest absolute Gasteiger partial charge is 0.512 e. The minimum absolute atomic E-state index is 0. The Morgan fingerprint density at radius 3 is 2.21 bits per heavy atom. The number of hydrogen-bond donors (Lipinski definition) is 1. The summed E-state index contributed by atoms with van der Waals surface area (Å²) >= 11 is 0. The number of aliphatic hydroxyl groups excluding tert-OH is 1. The molecule has 0 amide bonds. The van der Waals surface area contributed by atoms with Crippen molar-refractivity contribution in [3.63, 3.8) is 0 Å². The molecule has 4 nitrogen and oxygen atoms in total. The molecule has 3 aromatic carbocycles. The van der Waals surface area contributed by atoms with Crippen LogP contribution in [0.15, 0.2) is 66.7 Å². The minimum atomic E-state index is -0.377. The molecule has 0 saturated heterocycles. The average Bonchev–Trinajstić information content (AvgIpc) is 2.87. The third-order valence-electron chi connectivity index (χ3n) is 7.33. The van der Waals surface area contributed by atoms with Crippen molar-refractivity contribution in [2.24, 2.45) is 10.8 Å². The SMILES string of the molecule is CCC(C)(C)C(=O)/C=C(\O)C(C)(C)CC.Cc1[c-]c(-c2ncnc3c2ccc2ccccc23)cc(C)c1.[Ir]. The van der Waals surface area contributed by atoms with E-state index in [4.69, 9.17) is 0 Å². The van der Waals surface area contributed by atoms with Gasteiger partial charge in [-0.2, -0.15) is 0 Å². The maximum Gasteiger partial charge on any atom is 0.164 e. The fraction of sp³-hybridized carbons (Fsp3) is 0.364. The molecule has 0 aliphatic heterocycles. The van der Waals surface area contributed by atoms with Crippen LogP contribution in [0.5, 0.6) is 0 Å². The van der Waals surface area contributed by atoms with Gasteiger partial charge in [-0.25, -0.2) is 4.98 Å². The van der Waals surface area contributed by atoms with Crippen molar-refractivity contribution in [3.8, 4) is 11.3 Å². The molecule has 0 aliphatic rings. The summed E-state index contributed by atoms with van der Waals surface area (Å²) in [6, 6.07) is 20.2. The molecular weight excluding hydrogens is 649 g/mol. The Hall–Kier alpha value is -2.88. The summed E-state index contributed by atoms with van der Waals surface area (Å²) in [5.74, 6) is 0.195. The maximum atomic E-state index is 11.8. The van der Waals surface area contributed by atoms with E-state index in [2.05, 4.69) is 66.3 Å². The first-order chi connectivity index (χ1) is 17.4. The second kappa shape index (κ2) is 12.8. The number of rotatable bonds is 6. The molecule has 0 aliphatic carbocycles. The van der Waals surface area contributed by atoms with E-state index in [1.165, 1.54) is 17.0 Å². The predicted molar refractivity (Wildman–Crippen MR) is 155 cm³/mol. The molecule has 1 aromatic heterocycles. The van der Waals surface area contributed by atoms with Crippen molar-refractivity contribution in [2.45, 2.75) is 68.2 Å². The van der Waals surface area contributed by atoms with Crippen LogP contribution in [0.4, 0.5) is 0 Å². The number of aryl methyl sites for hydroxylation is 2. The van der Waals surface area contributed by atoms with Gasteiger partial charge in [0.25, 0.3) is 0 Å². The quantitative estimate of drug-likeness (QED) is 0.0954. The normalized spacial score (nSPS) is 12.1. The Labute approximate surface area is 241 Å². The zero-order chi connectivity index (χ0) is 27.4. The predicted octanol–water partition coefficient (Wildman–Crippen LogP) is 8.73. The van der Waals surface area contributed by atoms with Crippen LogP contribution in [0.3, 0.4) is 0 Å². The van der Waals surface area contributed by atoms with E-state index < -0.39 is 0 Å². The number of allylic oxidation sites excluding steroid dienone is 2. The van der Waals surface area contributed by atoms with Crippen molar-refractivity contribution in [2.75, 3.05) is 0 Å². The summed E-state index contributed by atoms with van der Waals surface area (Å²) in [4.78, 5) is 20.9.